The molecule has 0 saturated heterocycles. The number of hydrogen-bond donors (Lipinski definition) is 1. The fourth-order valence-corrected chi connectivity index (χ4v) is 3.46. The molecule has 2 rings (SSSR count). The first-order valence-corrected chi connectivity index (χ1v) is 6.72. The lowest BCUT2D eigenvalue weighted by Gasteiger charge is -2.28. The Bertz CT molecular complexity index is 459. The molecule has 0 radical (unpaired) electrons. The summed E-state index contributed by atoms with van der Waals surface area (Å²) in [5, 5.41) is 0. The van der Waals surface area contributed by atoms with Crippen LogP contribution in [0.2, 0.25) is 0 Å². The van der Waals surface area contributed by atoms with E-state index in [4.69, 9.17) is 15.2 Å². The van der Waals surface area contributed by atoms with Crippen LogP contribution in [0.1, 0.15) is 31.2 Å². The lowest BCUT2D eigenvalue weighted by Crippen LogP contribution is -2.34. The second kappa shape index (κ2) is 5.05. The number of nitrogens with two attached hydrogens (primary N) is 1. The predicted octanol–water partition coefficient (Wildman–Crippen LogP) is 3.33. The Morgan fingerprint density at radius 1 is 1.22 bits per heavy atom. The second-order valence-electron chi connectivity index (χ2n) is 4.64. The Kier molecular flexibility index (Phi) is 3.82. The molecule has 1 aromatic rings. The minimum Gasteiger partial charge on any atom is -0.492 e. The van der Waals surface area contributed by atoms with Crippen molar-refractivity contribution < 1.29 is 13.9 Å². The second-order valence-corrected chi connectivity index (χ2v) is 5.50. The van der Waals surface area contributed by atoms with Gasteiger partial charge in [-0.25, -0.2) is 4.39 Å². The van der Waals surface area contributed by atoms with Gasteiger partial charge < -0.3 is 15.2 Å². The van der Waals surface area contributed by atoms with E-state index in [0.29, 0.717) is 10.2 Å². The molecule has 100 valence electrons. The minimum absolute atomic E-state index is 0.118. The Morgan fingerprint density at radius 2 is 1.78 bits per heavy atom. The first-order valence-electron chi connectivity index (χ1n) is 5.93. The summed E-state index contributed by atoms with van der Waals surface area (Å²) in [5.74, 6) is 0.0628. The van der Waals surface area contributed by atoms with E-state index in [2.05, 4.69) is 15.9 Å². The van der Waals surface area contributed by atoms with Gasteiger partial charge in [-0.3, -0.25) is 0 Å². The summed E-state index contributed by atoms with van der Waals surface area (Å²) in [7, 11) is 2.93. The number of rotatable bonds is 3. The zero-order valence-corrected chi connectivity index (χ0v) is 12.1. The minimum atomic E-state index is -0.467. The van der Waals surface area contributed by atoms with Gasteiger partial charge in [-0.1, -0.05) is 28.8 Å². The van der Waals surface area contributed by atoms with Crippen LogP contribution in [0, 0.1) is 5.82 Å². The standard InChI is InChI=1S/C13H17BrFNO2/c1-17-11-9(15)7-8(14)10(12(11)18-2)13(16)5-3-4-6-13/h7H,3-6,16H2,1-2H3. The third kappa shape index (κ3) is 2.10. The number of methoxy groups -OCH3 is 2. The van der Waals surface area contributed by atoms with Gasteiger partial charge in [0.1, 0.15) is 0 Å². The third-order valence-electron chi connectivity index (χ3n) is 3.54. The monoisotopic (exact) mass is 317 g/mol. The molecule has 0 atom stereocenters. The molecule has 0 heterocycles. The van der Waals surface area contributed by atoms with Crippen LogP contribution in [0.3, 0.4) is 0 Å². The van der Waals surface area contributed by atoms with Gasteiger partial charge in [-0.05, 0) is 18.9 Å². The molecule has 0 bridgehead atoms. The van der Waals surface area contributed by atoms with Crippen molar-refractivity contribution >= 4 is 15.9 Å². The molecule has 1 aliphatic rings. The van der Waals surface area contributed by atoms with Crippen LogP contribution >= 0.6 is 15.9 Å². The smallest absolute Gasteiger partial charge is 0.197 e. The topological polar surface area (TPSA) is 44.5 Å². The molecular weight excluding hydrogens is 301 g/mol. The zero-order chi connectivity index (χ0) is 13.3. The summed E-state index contributed by atoms with van der Waals surface area (Å²) in [4.78, 5) is 0. The lowest BCUT2D eigenvalue weighted by molar-refractivity contribution is 0.322. The van der Waals surface area contributed by atoms with Gasteiger partial charge in [0.15, 0.2) is 17.3 Å². The van der Waals surface area contributed by atoms with Crippen LogP contribution < -0.4 is 15.2 Å². The first-order chi connectivity index (χ1) is 8.53. The van der Waals surface area contributed by atoms with Crippen molar-refractivity contribution in [1.82, 2.24) is 0 Å². The maximum Gasteiger partial charge on any atom is 0.197 e. The van der Waals surface area contributed by atoms with Crippen LogP contribution in [0.15, 0.2) is 10.5 Å². The van der Waals surface area contributed by atoms with E-state index in [0.717, 1.165) is 31.2 Å². The lowest BCUT2D eigenvalue weighted by atomic mass is 9.88. The van der Waals surface area contributed by atoms with Gasteiger partial charge in [-0.15, -0.1) is 0 Å². The normalized spacial score (nSPS) is 17.8. The molecular formula is C13H17BrFNO2. The largest absolute Gasteiger partial charge is 0.492 e. The van der Waals surface area contributed by atoms with E-state index in [1.54, 1.807) is 0 Å². The number of halogens is 2. The van der Waals surface area contributed by atoms with Crippen molar-refractivity contribution in [2.45, 2.75) is 31.2 Å². The number of ether oxygens (including phenoxy) is 2. The maximum atomic E-state index is 13.8. The molecule has 1 aliphatic carbocycles. The van der Waals surface area contributed by atoms with E-state index in [-0.39, 0.29) is 5.75 Å². The van der Waals surface area contributed by atoms with Gasteiger partial charge in [0.25, 0.3) is 0 Å². The molecule has 0 unspecified atom stereocenters. The average molecular weight is 318 g/mol. The summed E-state index contributed by atoms with van der Waals surface area (Å²) >= 11 is 3.39. The van der Waals surface area contributed by atoms with Crippen LogP contribution in [0.25, 0.3) is 0 Å². The highest BCUT2D eigenvalue weighted by Gasteiger charge is 2.37. The van der Waals surface area contributed by atoms with Crippen molar-refractivity contribution in [3.63, 3.8) is 0 Å². The summed E-state index contributed by atoms with van der Waals surface area (Å²) in [6.45, 7) is 0. The predicted molar refractivity (Wildman–Crippen MR) is 71.5 cm³/mol. The maximum absolute atomic E-state index is 13.8. The van der Waals surface area contributed by atoms with Crippen LogP contribution in [0.5, 0.6) is 11.5 Å². The molecule has 2 N–H and O–H groups in total. The molecule has 0 aromatic heterocycles. The van der Waals surface area contributed by atoms with Crippen molar-refractivity contribution in [2.24, 2.45) is 5.73 Å². The van der Waals surface area contributed by atoms with Gasteiger partial charge in [0.05, 0.1) is 14.2 Å². The van der Waals surface area contributed by atoms with Gasteiger partial charge in [0, 0.05) is 15.6 Å². The van der Waals surface area contributed by atoms with E-state index >= 15 is 0 Å². The van der Waals surface area contributed by atoms with Crippen molar-refractivity contribution in [3.05, 3.63) is 21.9 Å². The van der Waals surface area contributed by atoms with Gasteiger partial charge in [0.2, 0.25) is 0 Å². The molecule has 0 spiro atoms. The van der Waals surface area contributed by atoms with E-state index in [9.17, 15) is 4.39 Å². The van der Waals surface area contributed by atoms with Crippen molar-refractivity contribution in [1.29, 1.82) is 0 Å². The number of hydrogen-bond acceptors (Lipinski definition) is 3. The van der Waals surface area contributed by atoms with Crippen LogP contribution in [0.4, 0.5) is 4.39 Å². The summed E-state index contributed by atoms with van der Waals surface area (Å²) < 4.78 is 24.9. The SMILES string of the molecule is COc1c(F)cc(Br)c(C2(N)CCCC2)c1OC. The fourth-order valence-electron chi connectivity index (χ4n) is 2.68. The Labute approximate surface area is 115 Å². The summed E-state index contributed by atoms with van der Waals surface area (Å²) in [5.41, 5.74) is 6.78. The number of benzene rings is 1. The van der Waals surface area contributed by atoms with E-state index in [1.165, 1.54) is 20.3 Å². The van der Waals surface area contributed by atoms with Crippen molar-refractivity contribution in [2.75, 3.05) is 14.2 Å². The molecule has 1 aromatic carbocycles. The Balaban J connectivity index is 2.65. The molecule has 0 aliphatic heterocycles. The highest BCUT2D eigenvalue weighted by atomic mass is 79.9. The Hall–Kier alpha value is -0.810. The molecule has 5 heteroatoms. The third-order valence-corrected chi connectivity index (χ3v) is 4.17. The molecule has 1 fully saturated rings. The van der Waals surface area contributed by atoms with Gasteiger partial charge in [-0.2, -0.15) is 0 Å². The summed E-state index contributed by atoms with van der Waals surface area (Å²) in [6.07, 6.45) is 3.89. The van der Waals surface area contributed by atoms with E-state index < -0.39 is 11.4 Å². The van der Waals surface area contributed by atoms with Gasteiger partial charge >= 0.3 is 0 Å². The molecule has 3 nitrogen and oxygen atoms in total. The molecule has 1 saturated carbocycles. The molecule has 0 amide bonds. The Morgan fingerprint density at radius 3 is 2.28 bits per heavy atom. The highest BCUT2D eigenvalue weighted by Crippen LogP contribution is 2.48. The van der Waals surface area contributed by atoms with E-state index in [1.807, 2.05) is 0 Å². The first kappa shape index (κ1) is 13.6. The van der Waals surface area contributed by atoms with Crippen LogP contribution in [-0.4, -0.2) is 14.2 Å². The van der Waals surface area contributed by atoms with Crippen LogP contribution in [-0.2, 0) is 5.54 Å². The zero-order valence-electron chi connectivity index (χ0n) is 10.6. The summed E-state index contributed by atoms with van der Waals surface area (Å²) in [6, 6.07) is 1.39. The quantitative estimate of drug-likeness (QED) is 0.930. The highest BCUT2D eigenvalue weighted by molar-refractivity contribution is 9.10. The molecule has 18 heavy (non-hydrogen) atoms. The fraction of sp³-hybridized carbons (Fsp3) is 0.538. The average Bonchev–Trinajstić information content (AvgIpc) is 2.75. The van der Waals surface area contributed by atoms with Crippen molar-refractivity contribution in [3.8, 4) is 11.5 Å².